The van der Waals surface area contributed by atoms with Gasteiger partial charge in [0.2, 0.25) is 11.7 Å². The van der Waals surface area contributed by atoms with Crippen molar-refractivity contribution in [2.45, 2.75) is 26.4 Å². The molecule has 1 saturated heterocycles. The molecule has 2 aromatic carbocycles. The first-order valence-electron chi connectivity index (χ1n) is 11.9. The number of aromatic nitrogens is 1. The molecule has 1 aliphatic heterocycles. The number of anilines is 1. The second kappa shape index (κ2) is 11.6. The van der Waals surface area contributed by atoms with Crippen LogP contribution in [-0.2, 0) is 11.4 Å². The van der Waals surface area contributed by atoms with Gasteiger partial charge in [-0.25, -0.2) is 4.98 Å². The van der Waals surface area contributed by atoms with Crippen molar-refractivity contribution in [3.63, 3.8) is 0 Å². The standard InChI is InChI=1S/C28H31N3O5/c1-19-11-12-25(29-16-19)30-27(32)21-10-7-13-31(17-21)28(33)22-14-23(34-2)26(24(15-22)35-3)36-18-20-8-5-4-6-9-20/h4-6,8-9,11-12,14-16,21H,7,10,13,17-18H2,1-3H3,(H,29,30,32). The van der Waals surface area contributed by atoms with E-state index in [-0.39, 0.29) is 17.7 Å². The second-order valence-electron chi connectivity index (χ2n) is 8.78. The Balaban J connectivity index is 1.47. The summed E-state index contributed by atoms with van der Waals surface area (Å²) in [6.45, 7) is 3.17. The molecule has 8 nitrogen and oxygen atoms in total. The fourth-order valence-electron chi connectivity index (χ4n) is 4.20. The third-order valence-corrected chi connectivity index (χ3v) is 6.18. The van der Waals surface area contributed by atoms with Gasteiger partial charge in [-0.1, -0.05) is 36.4 Å². The topological polar surface area (TPSA) is 90.0 Å². The summed E-state index contributed by atoms with van der Waals surface area (Å²) in [4.78, 5) is 32.2. The summed E-state index contributed by atoms with van der Waals surface area (Å²) in [7, 11) is 3.05. The van der Waals surface area contributed by atoms with Crippen molar-refractivity contribution in [2.75, 3.05) is 32.6 Å². The number of hydrogen-bond donors (Lipinski definition) is 1. The largest absolute Gasteiger partial charge is 0.493 e. The van der Waals surface area contributed by atoms with Gasteiger partial charge in [0.1, 0.15) is 12.4 Å². The molecule has 0 aliphatic carbocycles. The maximum atomic E-state index is 13.4. The van der Waals surface area contributed by atoms with E-state index in [9.17, 15) is 9.59 Å². The lowest BCUT2D eigenvalue weighted by Crippen LogP contribution is -2.43. The van der Waals surface area contributed by atoms with Gasteiger partial charge in [-0.15, -0.1) is 0 Å². The summed E-state index contributed by atoms with van der Waals surface area (Å²) in [5.41, 5.74) is 2.43. The molecule has 1 aliphatic rings. The fourth-order valence-corrected chi connectivity index (χ4v) is 4.20. The molecule has 0 spiro atoms. The van der Waals surface area contributed by atoms with E-state index < -0.39 is 0 Å². The smallest absolute Gasteiger partial charge is 0.254 e. The number of amides is 2. The van der Waals surface area contributed by atoms with Crippen molar-refractivity contribution < 1.29 is 23.8 Å². The molecule has 188 valence electrons. The van der Waals surface area contributed by atoms with Gasteiger partial charge in [0, 0.05) is 24.8 Å². The summed E-state index contributed by atoms with van der Waals surface area (Å²) in [6.07, 6.45) is 3.15. The van der Waals surface area contributed by atoms with Gasteiger partial charge in [-0.05, 0) is 49.1 Å². The average molecular weight is 490 g/mol. The monoisotopic (exact) mass is 489 g/mol. The molecule has 1 N–H and O–H groups in total. The molecule has 0 radical (unpaired) electrons. The van der Waals surface area contributed by atoms with Crippen molar-refractivity contribution in [2.24, 2.45) is 5.92 Å². The number of rotatable bonds is 8. The van der Waals surface area contributed by atoms with E-state index in [4.69, 9.17) is 14.2 Å². The van der Waals surface area contributed by atoms with Crippen LogP contribution in [0.1, 0.15) is 34.3 Å². The van der Waals surface area contributed by atoms with Gasteiger partial charge in [0.15, 0.2) is 11.5 Å². The van der Waals surface area contributed by atoms with E-state index in [0.29, 0.717) is 54.7 Å². The van der Waals surface area contributed by atoms with Crippen LogP contribution in [0.15, 0.2) is 60.8 Å². The number of ether oxygens (including phenoxy) is 3. The van der Waals surface area contributed by atoms with Crippen molar-refractivity contribution in [1.82, 2.24) is 9.88 Å². The highest BCUT2D eigenvalue weighted by Crippen LogP contribution is 2.39. The minimum atomic E-state index is -0.317. The Morgan fingerprint density at radius 3 is 2.42 bits per heavy atom. The lowest BCUT2D eigenvalue weighted by atomic mass is 9.96. The van der Waals surface area contributed by atoms with Crippen LogP contribution in [0.5, 0.6) is 17.2 Å². The number of benzene rings is 2. The molecule has 2 amide bonds. The Morgan fingerprint density at radius 1 is 1.06 bits per heavy atom. The number of piperidine rings is 1. The van der Waals surface area contributed by atoms with Crippen LogP contribution in [0.4, 0.5) is 5.82 Å². The maximum absolute atomic E-state index is 13.4. The number of methoxy groups -OCH3 is 2. The van der Waals surface area contributed by atoms with Crippen LogP contribution in [0.25, 0.3) is 0 Å². The number of carbonyl (C=O) groups excluding carboxylic acids is 2. The zero-order valence-electron chi connectivity index (χ0n) is 20.8. The molecule has 3 aromatic rings. The van der Waals surface area contributed by atoms with E-state index >= 15 is 0 Å². The molecule has 0 saturated carbocycles. The first kappa shape index (κ1) is 25.0. The highest BCUT2D eigenvalue weighted by atomic mass is 16.5. The first-order chi connectivity index (χ1) is 17.5. The summed E-state index contributed by atoms with van der Waals surface area (Å²) in [6, 6.07) is 16.8. The van der Waals surface area contributed by atoms with E-state index in [0.717, 1.165) is 17.5 Å². The molecule has 36 heavy (non-hydrogen) atoms. The minimum absolute atomic E-state index is 0.135. The van der Waals surface area contributed by atoms with Crippen molar-refractivity contribution in [3.8, 4) is 17.2 Å². The summed E-state index contributed by atoms with van der Waals surface area (Å²) in [5.74, 6) is 1.12. The molecular formula is C28H31N3O5. The summed E-state index contributed by atoms with van der Waals surface area (Å²) < 4.78 is 17.1. The Hall–Kier alpha value is -4.07. The average Bonchev–Trinajstić information content (AvgIpc) is 2.92. The number of nitrogens with zero attached hydrogens (tertiary/aromatic N) is 2. The Labute approximate surface area is 211 Å². The van der Waals surface area contributed by atoms with Gasteiger partial charge < -0.3 is 24.4 Å². The van der Waals surface area contributed by atoms with Gasteiger partial charge in [-0.3, -0.25) is 9.59 Å². The lowest BCUT2D eigenvalue weighted by Gasteiger charge is -2.32. The van der Waals surface area contributed by atoms with E-state index in [1.807, 2.05) is 43.3 Å². The number of hydrogen-bond acceptors (Lipinski definition) is 6. The van der Waals surface area contributed by atoms with Crippen molar-refractivity contribution in [3.05, 3.63) is 77.5 Å². The number of likely N-dealkylation sites (tertiary alicyclic amines) is 1. The van der Waals surface area contributed by atoms with Crippen LogP contribution >= 0.6 is 0 Å². The van der Waals surface area contributed by atoms with Crippen LogP contribution < -0.4 is 19.5 Å². The Bertz CT molecular complexity index is 1170. The SMILES string of the molecule is COc1cc(C(=O)N2CCCC(C(=O)Nc3ccc(C)cn3)C2)cc(OC)c1OCc1ccccc1. The molecule has 8 heteroatoms. The van der Waals surface area contributed by atoms with E-state index in [1.165, 1.54) is 14.2 Å². The highest BCUT2D eigenvalue weighted by Gasteiger charge is 2.30. The zero-order valence-corrected chi connectivity index (χ0v) is 20.8. The molecule has 2 heterocycles. The third-order valence-electron chi connectivity index (χ3n) is 6.18. The van der Waals surface area contributed by atoms with Crippen molar-refractivity contribution in [1.29, 1.82) is 0 Å². The Kier molecular flexibility index (Phi) is 8.05. The lowest BCUT2D eigenvalue weighted by molar-refractivity contribution is -0.121. The minimum Gasteiger partial charge on any atom is -0.493 e. The predicted octanol–water partition coefficient (Wildman–Crippen LogP) is 4.48. The van der Waals surface area contributed by atoms with Crippen LogP contribution in [-0.4, -0.2) is 49.0 Å². The molecule has 1 unspecified atom stereocenters. The van der Waals surface area contributed by atoms with E-state index in [1.54, 1.807) is 29.3 Å². The van der Waals surface area contributed by atoms with Crippen LogP contribution in [0.2, 0.25) is 0 Å². The molecule has 0 bridgehead atoms. The summed E-state index contributed by atoms with van der Waals surface area (Å²) >= 11 is 0. The first-order valence-corrected chi connectivity index (χ1v) is 11.9. The summed E-state index contributed by atoms with van der Waals surface area (Å²) in [5, 5.41) is 2.87. The molecule has 1 fully saturated rings. The molecule has 1 aromatic heterocycles. The quantitative estimate of drug-likeness (QED) is 0.502. The highest BCUT2D eigenvalue weighted by molar-refractivity contribution is 5.97. The maximum Gasteiger partial charge on any atom is 0.254 e. The second-order valence-corrected chi connectivity index (χ2v) is 8.78. The molecule has 1 atom stereocenters. The number of nitrogens with one attached hydrogen (secondary N) is 1. The zero-order chi connectivity index (χ0) is 25.5. The predicted molar refractivity (Wildman–Crippen MR) is 137 cm³/mol. The van der Waals surface area contributed by atoms with Gasteiger partial charge in [-0.2, -0.15) is 0 Å². The fraction of sp³-hybridized carbons (Fsp3) is 0.321. The molecule has 4 rings (SSSR count). The number of carbonyl (C=O) groups is 2. The van der Waals surface area contributed by atoms with Gasteiger partial charge in [0.05, 0.1) is 20.1 Å². The van der Waals surface area contributed by atoms with Crippen LogP contribution in [0.3, 0.4) is 0 Å². The normalized spacial score (nSPS) is 15.2. The number of aryl methyl sites for hydroxylation is 1. The van der Waals surface area contributed by atoms with Crippen molar-refractivity contribution >= 4 is 17.6 Å². The molecular weight excluding hydrogens is 458 g/mol. The van der Waals surface area contributed by atoms with Gasteiger partial charge >= 0.3 is 0 Å². The Morgan fingerprint density at radius 2 is 1.78 bits per heavy atom. The van der Waals surface area contributed by atoms with Gasteiger partial charge in [0.25, 0.3) is 5.91 Å². The third kappa shape index (κ3) is 5.94. The van der Waals surface area contributed by atoms with E-state index in [2.05, 4.69) is 10.3 Å². The van der Waals surface area contributed by atoms with Crippen LogP contribution in [0, 0.1) is 12.8 Å². The number of pyridine rings is 1.